The molecular formula is C29H30N4O6. The third-order valence-corrected chi connectivity index (χ3v) is 5.35. The summed E-state index contributed by atoms with van der Waals surface area (Å²) in [6.07, 6.45) is 0.179. The number of anilines is 3. The third kappa shape index (κ3) is 8.89. The topological polar surface area (TPSA) is 156 Å². The van der Waals surface area contributed by atoms with Crippen LogP contribution >= 0.6 is 0 Å². The molecule has 0 aliphatic heterocycles. The zero-order chi connectivity index (χ0) is 28.0. The Bertz CT molecular complexity index is 1320. The molecule has 0 aromatic heterocycles. The number of hydrogen-bond acceptors (Lipinski definition) is 8. The fraction of sp³-hybridized carbons (Fsp3) is 0.207. The lowest BCUT2D eigenvalue weighted by atomic mass is 10.0. The van der Waals surface area contributed by atoms with Gasteiger partial charge in [0.05, 0.1) is 29.6 Å². The largest absolute Gasteiger partial charge is 0.491 e. The average Bonchev–Trinajstić information content (AvgIpc) is 2.95. The highest BCUT2D eigenvalue weighted by molar-refractivity contribution is 6.01. The number of benzene rings is 3. The second kappa shape index (κ2) is 14.8. The van der Waals surface area contributed by atoms with Gasteiger partial charge in [-0.3, -0.25) is 10.1 Å². The molecule has 0 saturated heterocycles. The molecule has 0 radical (unpaired) electrons. The number of nitriles is 1. The van der Waals surface area contributed by atoms with Crippen LogP contribution in [0.2, 0.25) is 0 Å². The molecule has 0 aliphatic carbocycles. The number of nitrogens with two attached hydrogens (primary N) is 1. The van der Waals surface area contributed by atoms with Crippen LogP contribution in [0.3, 0.4) is 0 Å². The van der Waals surface area contributed by atoms with E-state index in [1.54, 1.807) is 79.7 Å². The Morgan fingerprint density at radius 1 is 1.08 bits per heavy atom. The predicted octanol–water partition coefficient (Wildman–Crippen LogP) is 4.40. The highest BCUT2D eigenvalue weighted by Gasteiger charge is 2.27. The molecule has 202 valence electrons. The molecule has 39 heavy (non-hydrogen) atoms. The summed E-state index contributed by atoms with van der Waals surface area (Å²) in [5.74, 6) is 0.0117. The van der Waals surface area contributed by atoms with Crippen molar-refractivity contribution >= 4 is 29.1 Å². The van der Waals surface area contributed by atoms with Crippen molar-refractivity contribution in [1.29, 1.82) is 5.26 Å². The van der Waals surface area contributed by atoms with E-state index in [-0.39, 0.29) is 19.8 Å². The molecule has 0 spiro atoms. The minimum absolute atomic E-state index is 0.0890. The van der Waals surface area contributed by atoms with E-state index in [9.17, 15) is 9.59 Å². The van der Waals surface area contributed by atoms with Gasteiger partial charge in [-0.25, -0.2) is 4.79 Å². The van der Waals surface area contributed by atoms with Crippen LogP contribution < -0.4 is 21.1 Å². The van der Waals surface area contributed by atoms with Crippen molar-refractivity contribution < 1.29 is 28.9 Å². The average molecular weight is 531 g/mol. The summed E-state index contributed by atoms with van der Waals surface area (Å²) < 4.78 is 17.2. The van der Waals surface area contributed by atoms with Gasteiger partial charge in [-0.15, -0.1) is 0 Å². The van der Waals surface area contributed by atoms with Crippen molar-refractivity contribution in [3.63, 3.8) is 0 Å². The lowest BCUT2D eigenvalue weighted by molar-refractivity contribution is -0.112. The Hall–Kier alpha value is -4.85. The van der Waals surface area contributed by atoms with Gasteiger partial charge in [-0.05, 0) is 67.1 Å². The molecule has 0 heterocycles. The summed E-state index contributed by atoms with van der Waals surface area (Å²) in [6.45, 7) is 1.97. The molecule has 0 bridgehead atoms. The van der Waals surface area contributed by atoms with E-state index in [1.807, 2.05) is 6.07 Å². The van der Waals surface area contributed by atoms with Crippen LogP contribution in [0.1, 0.15) is 24.2 Å². The summed E-state index contributed by atoms with van der Waals surface area (Å²) in [5.41, 5.74) is 8.21. The Morgan fingerprint density at radius 3 is 2.54 bits per heavy atom. The van der Waals surface area contributed by atoms with Crippen molar-refractivity contribution in [2.45, 2.75) is 19.1 Å². The van der Waals surface area contributed by atoms with Gasteiger partial charge in [0.1, 0.15) is 18.5 Å². The maximum Gasteiger partial charge on any atom is 0.412 e. The zero-order valence-electron chi connectivity index (χ0n) is 21.4. The third-order valence-electron chi connectivity index (χ3n) is 5.35. The molecule has 10 nitrogen and oxygen atoms in total. The molecule has 0 saturated carbocycles. The fourth-order valence-electron chi connectivity index (χ4n) is 3.56. The van der Waals surface area contributed by atoms with E-state index < -0.39 is 24.2 Å². The van der Waals surface area contributed by atoms with Crippen LogP contribution in [-0.4, -0.2) is 43.0 Å². The lowest BCUT2D eigenvalue weighted by Gasteiger charge is -2.25. The number of carbonyl (C=O) groups is 2. The molecule has 2 atom stereocenters. The Kier molecular flexibility index (Phi) is 10.9. The highest BCUT2D eigenvalue weighted by Crippen LogP contribution is 2.29. The number of nitrogens with zero attached hydrogens (tertiary/aromatic N) is 1. The highest BCUT2D eigenvalue weighted by atomic mass is 16.6. The van der Waals surface area contributed by atoms with Gasteiger partial charge in [0.15, 0.2) is 6.10 Å². The Morgan fingerprint density at radius 2 is 1.85 bits per heavy atom. The van der Waals surface area contributed by atoms with Crippen LogP contribution in [0.25, 0.3) is 0 Å². The zero-order valence-corrected chi connectivity index (χ0v) is 21.4. The van der Waals surface area contributed by atoms with Crippen molar-refractivity contribution in [1.82, 2.24) is 0 Å². The molecule has 5 N–H and O–H groups in total. The number of para-hydroxylation sites is 2. The molecule has 2 amide bonds. The summed E-state index contributed by atoms with van der Waals surface area (Å²) in [7, 11) is 0. The maximum absolute atomic E-state index is 12.9. The van der Waals surface area contributed by atoms with Gasteiger partial charge in [0, 0.05) is 18.4 Å². The van der Waals surface area contributed by atoms with Crippen LogP contribution in [0, 0.1) is 11.3 Å². The number of amides is 2. The van der Waals surface area contributed by atoms with E-state index >= 15 is 0 Å². The normalized spacial score (nSPS) is 12.2. The molecular weight excluding hydrogens is 500 g/mol. The van der Waals surface area contributed by atoms with Gasteiger partial charge in [-0.2, -0.15) is 5.26 Å². The molecule has 0 aliphatic rings. The standard InChI is InChI=1S/C29H30N4O6/c1-2-37-26(14-15-27(35)33-25-9-4-3-8-24(25)31)28(21-6-5-7-23(18-21)38-17-16-34)39-29(36)32-22-12-10-20(19-30)11-13-22/h3-15,18,26,28,34H,2,16-17,31H2,1H3,(H,32,36)(H,33,35)/b15-14+/t26-,28-/m0/s1. The number of ether oxygens (including phenoxy) is 3. The lowest BCUT2D eigenvalue weighted by Crippen LogP contribution is -2.28. The van der Waals surface area contributed by atoms with Crippen LogP contribution in [0.5, 0.6) is 5.75 Å². The van der Waals surface area contributed by atoms with Gasteiger partial charge in [0.25, 0.3) is 0 Å². The summed E-state index contributed by atoms with van der Waals surface area (Å²) in [5, 5.41) is 23.4. The van der Waals surface area contributed by atoms with Crippen molar-refractivity contribution in [2.24, 2.45) is 0 Å². The number of hydrogen-bond donors (Lipinski definition) is 4. The van der Waals surface area contributed by atoms with E-state index in [2.05, 4.69) is 10.6 Å². The maximum atomic E-state index is 12.9. The van der Waals surface area contributed by atoms with Crippen LogP contribution in [0.15, 0.2) is 84.9 Å². The Balaban J connectivity index is 1.85. The number of nitrogens with one attached hydrogen (secondary N) is 2. The first kappa shape index (κ1) is 28.7. The minimum Gasteiger partial charge on any atom is -0.491 e. The smallest absolute Gasteiger partial charge is 0.412 e. The second-order valence-corrected chi connectivity index (χ2v) is 8.14. The Labute approximate surface area is 226 Å². The molecule has 3 aromatic carbocycles. The van der Waals surface area contributed by atoms with Gasteiger partial charge >= 0.3 is 6.09 Å². The summed E-state index contributed by atoms with van der Waals surface area (Å²) in [6, 6.07) is 22.0. The van der Waals surface area contributed by atoms with Gasteiger partial charge < -0.3 is 30.4 Å². The number of nitrogen functional groups attached to an aromatic ring is 1. The second-order valence-electron chi connectivity index (χ2n) is 8.14. The quantitative estimate of drug-likeness (QED) is 0.198. The van der Waals surface area contributed by atoms with Crippen molar-refractivity contribution in [3.05, 3.63) is 96.1 Å². The first-order valence-corrected chi connectivity index (χ1v) is 12.2. The number of carbonyl (C=O) groups excluding carboxylic acids is 2. The van der Waals surface area contributed by atoms with Crippen molar-refractivity contribution in [3.8, 4) is 11.8 Å². The number of rotatable bonds is 12. The first-order chi connectivity index (χ1) is 18.9. The predicted molar refractivity (Wildman–Crippen MR) is 147 cm³/mol. The summed E-state index contributed by atoms with van der Waals surface area (Å²) in [4.78, 5) is 25.5. The van der Waals surface area contributed by atoms with E-state index in [0.717, 1.165) is 0 Å². The minimum atomic E-state index is -0.980. The molecule has 0 fully saturated rings. The molecule has 3 aromatic rings. The number of aliphatic hydroxyl groups excluding tert-OH is 1. The molecule has 0 unspecified atom stereocenters. The first-order valence-electron chi connectivity index (χ1n) is 12.2. The monoisotopic (exact) mass is 530 g/mol. The van der Waals surface area contributed by atoms with Crippen molar-refractivity contribution in [2.75, 3.05) is 36.2 Å². The fourth-order valence-corrected chi connectivity index (χ4v) is 3.56. The van der Waals surface area contributed by atoms with E-state index in [4.69, 9.17) is 30.3 Å². The SMILES string of the molecule is CCO[C@@H](/C=C/C(=O)Nc1ccccc1N)[C@@H](OC(=O)Nc1ccc(C#N)cc1)c1cccc(OCCO)c1. The van der Waals surface area contributed by atoms with Crippen LogP contribution in [-0.2, 0) is 14.3 Å². The molecule has 3 rings (SSSR count). The summed E-state index contributed by atoms with van der Waals surface area (Å²) >= 11 is 0. The van der Waals surface area contributed by atoms with E-state index in [1.165, 1.54) is 12.2 Å². The van der Waals surface area contributed by atoms with Gasteiger partial charge in [-0.1, -0.05) is 24.3 Å². The molecule has 10 heteroatoms. The van der Waals surface area contributed by atoms with Gasteiger partial charge in [0.2, 0.25) is 5.91 Å². The van der Waals surface area contributed by atoms with Crippen LogP contribution in [0.4, 0.5) is 21.9 Å². The van der Waals surface area contributed by atoms with E-state index in [0.29, 0.717) is 33.9 Å². The number of aliphatic hydroxyl groups is 1.